The molecule has 5 aliphatic rings. The molecule has 5 fully saturated rings. The van der Waals surface area contributed by atoms with Gasteiger partial charge in [0.05, 0.1) is 0 Å². The Morgan fingerprint density at radius 3 is 1.96 bits per heavy atom. The highest BCUT2D eigenvalue weighted by Gasteiger charge is 2.52. The first-order valence-corrected chi connectivity index (χ1v) is 10.6. The van der Waals surface area contributed by atoms with Gasteiger partial charge in [0, 0.05) is 0 Å². The molecule has 1 aromatic carbocycles. The summed E-state index contributed by atoms with van der Waals surface area (Å²) in [6, 6.07) is 7.93. The molecule has 7 heteroatoms. The lowest BCUT2D eigenvalue weighted by Gasteiger charge is -2.56. The van der Waals surface area contributed by atoms with Crippen molar-refractivity contribution < 1.29 is 28.7 Å². The van der Waals surface area contributed by atoms with Crippen molar-refractivity contribution in [2.45, 2.75) is 38.2 Å². The van der Waals surface area contributed by atoms with Crippen molar-refractivity contribution in [1.82, 2.24) is 0 Å². The molecule has 4 aliphatic carbocycles. The Bertz CT molecular complexity index is 598. The van der Waals surface area contributed by atoms with E-state index in [1.807, 2.05) is 0 Å². The van der Waals surface area contributed by atoms with Gasteiger partial charge < -0.3 is 4.52 Å². The summed E-state index contributed by atoms with van der Waals surface area (Å²) in [6.45, 7) is 0.868. The highest BCUT2D eigenvalue weighted by Crippen LogP contribution is 2.58. The molecule has 25 heavy (non-hydrogen) atoms. The molecule has 0 aromatic heterocycles. The van der Waals surface area contributed by atoms with Gasteiger partial charge in [-0.2, -0.15) is 0 Å². The molecule has 4 bridgehead atoms. The van der Waals surface area contributed by atoms with Crippen LogP contribution in [0, 0.1) is 29.6 Å². The van der Waals surface area contributed by atoms with Gasteiger partial charge in [-0.15, -0.1) is 0 Å². The van der Waals surface area contributed by atoms with E-state index in [2.05, 4.69) is 4.52 Å². The molecule has 0 amide bonds. The molecule has 2 N–H and O–H groups in total. The first-order chi connectivity index (χ1) is 12.0. The van der Waals surface area contributed by atoms with Crippen LogP contribution >= 0.6 is 7.82 Å². The van der Waals surface area contributed by atoms with E-state index >= 15 is 0 Å². The van der Waals surface area contributed by atoms with E-state index in [4.69, 9.17) is 19.6 Å². The third-order valence-corrected chi connectivity index (χ3v) is 6.57. The normalized spacial score (nSPS) is 38.5. The molecule has 0 radical (unpaired) electrons. The lowest BCUT2D eigenvalue weighted by Crippen LogP contribution is -2.53. The molecule has 4 saturated carbocycles. The van der Waals surface area contributed by atoms with Crippen molar-refractivity contribution in [1.29, 1.82) is 0 Å². The van der Waals surface area contributed by atoms with Gasteiger partial charge in [-0.1, -0.05) is 18.2 Å². The number of benzene rings is 1. The van der Waals surface area contributed by atoms with Gasteiger partial charge in [0.25, 0.3) is 0 Å². The summed E-state index contributed by atoms with van der Waals surface area (Å²) in [4.78, 5) is 26.9. The molecule has 1 aliphatic heterocycles. The number of hydrogen-bond donors (Lipinski definition) is 2. The summed E-state index contributed by atoms with van der Waals surface area (Å²) in [6.07, 6.45) is 8.00. The van der Waals surface area contributed by atoms with E-state index in [9.17, 15) is 4.57 Å². The van der Waals surface area contributed by atoms with Crippen molar-refractivity contribution in [3.05, 3.63) is 30.3 Å². The molecule has 6 nitrogen and oxygen atoms in total. The fraction of sp³-hybridized carbons (Fsp3) is 0.667. The van der Waals surface area contributed by atoms with Crippen molar-refractivity contribution >= 4 is 7.82 Å². The Kier molecular flexibility index (Phi) is 4.91. The monoisotopic (exact) mass is 368 g/mol. The van der Waals surface area contributed by atoms with E-state index in [0.29, 0.717) is 6.10 Å². The van der Waals surface area contributed by atoms with Crippen LogP contribution in [-0.2, 0) is 14.3 Å². The lowest BCUT2D eigenvalue weighted by atomic mass is 9.51. The predicted octanol–water partition coefficient (Wildman–Crippen LogP) is 3.55. The van der Waals surface area contributed by atoms with Gasteiger partial charge in [-0.25, -0.2) is 14.3 Å². The first kappa shape index (κ1) is 17.5. The molecular weight excluding hydrogens is 343 g/mol. The molecule has 6 rings (SSSR count). The van der Waals surface area contributed by atoms with Crippen LogP contribution < -0.4 is 4.52 Å². The zero-order valence-electron chi connectivity index (χ0n) is 14.1. The largest absolute Gasteiger partial charge is 0.524 e. The summed E-state index contributed by atoms with van der Waals surface area (Å²) < 4.78 is 14.5. The third-order valence-electron chi connectivity index (χ3n) is 6.12. The number of phosphoric ester groups is 1. The fourth-order valence-electron chi connectivity index (χ4n) is 5.51. The van der Waals surface area contributed by atoms with Gasteiger partial charge >= 0.3 is 7.82 Å². The zero-order valence-corrected chi connectivity index (χ0v) is 15.0. The first-order valence-electron chi connectivity index (χ1n) is 9.06. The van der Waals surface area contributed by atoms with Crippen LogP contribution in [0.1, 0.15) is 32.1 Å². The van der Waals surface area contributed by atoms with Crippen LogP contribution in [-0.4, -0.2) is 22.5 Å². The number of phosphoric acid groups is 1. The van der Waals surface area contributed by atoms with Crippen molar-refractivity contribution in [2.24, 2.45) is 29.6 Å². The minimum Gasteiger partial charge on any atom is -0.404 e. The maximum Gasteiger partial charge on any atom is 0.524 e. The summed E-state index contributed by atoms with van der Waals surface area (Å²) in [5.74, 6) is 5.15. The highest BCUT2D eigenvalue weighted by molar-refractivity contribution is 7.46. The average molecular weight is 368 g/mol. The second kappa shape index (κ2) is 7.01. The van der Waals surface area contributed by atoms with Crippen molar-refractivity contribution in [3.63, 3.8) is 0 Å². The minimum absolute atomic E-state index is 0.167. The topological polar surface area (TPSA) is 85.2 Å². The van der Waals surface area contributed by atoms with Gasteiger partial charge in [-0.05, 0) is 73.8 Å². The standard InChI is InChI=1S/C12H18O2.C6H7O4P/c1-7-2-9-4-8(1)5-10(3-7)12(9)11-6-13-14-11;7-11(8,9)10-6-4-2-1-3-5-6/h7-12H,1-6H2;1-5H,(H2,7,8,9). The van der Waals surface area contributed by atoms with E-state index in [1.165, 1.54) is 37.8 Å². The van der Waals surface area contributed by atoms with Crippen LogP contribution in [0.3, 0.4) is 0 Å². The number of hydrogen-bond acceptors (Lipinski definition) is 4. The van der Waals surface area contributed by atoms with E-state index in [-0.39, 0.29) is 5.75 Å². The van der Waals surface area contributed by atoms with Crippen molar-refractivity contribution in [3.8, 4) is 5.75 Å². The van der Waals surface area contributed by atoms with Crippen LogP contribution in [0.15, 0.2) is 30.3 Å². The average Bonchev–Trinajstić information content (AvgIpc) is 2.48. The van der Waals surface area contributed by atoms with Crippen molar-refractivity contribution in [2.75, 3.05) is 6.61 Å². The van der Waals surface area contributed by atoms with Gasteiger partial charge in [0.15, 0.2) is 0 Å². The van der Waals surface area contributed by atoms with Gasteiger partial charge in [0.2, 0.25) is 0 Å². The molecule has 1 unspecified atom stereocenters. The zero-order chi connectivity index (χ0) is 17.4. The molecule has 1 aromatic rings. The van der Waals surface area contributed by atoms with E-state index < -0.39 is 7.82 Å². The molecule has 1 atom stereocenters. The molecular formula is C18H25O6P. The smallest absolute Gasteiger partial charge is 0.404 e. The van der Waals surface area contributed by atoms with Crippen LogP contribution in [0.25, 0.3) is 0 Å². The Morgan fingerprint density at radius 1 is 0.960 bits per heavy atom. The third kappa shape index (κ3) is 4.09. The fourth-order valence-corrected chi connectivity index (χ4v) is 5.91. The Balaban J connectivity index is 0.000000131. The summed E-state index contributed by atoms with van der Waals surface area (Å²) in [5.41, 5.74) is 0. The number of para-hydroxylation sites is 1. The molecule has 0 spiro atoms. The predicted molar refractivity (Wildman–Crippen MR) is 90.5 cm³/mol. The van der Waals surface area contributed by atoms with Gasteiger partial charge in [-0.3, -0.25) is 9.79 Å². The SMILES string of the molecule is C1C2CC3CC1CC(C2)C3C1COO1.O=P(O)(O)Oc1ccccc1. The maximum atomic E-state index is 10.3. The van der Waals surface area contributed by atoms with Crippen LogP contribution in [0.5, 0.6) is 5.75 Å². The second-order valence-electron chi connectivity index (χ2n) is 7.82. The Labute approximate surface area is 147 Å². The Morgan fingerprint density at radius 2 is 1.52 bits per heavy atom. The van der Waals surface area contributed by atoms with Crippen LogP contribution in [0.2, 0.25) is 0 Å². The molecule has 1 heterocycles. The number of rotatable bonds is 3. The second-order valence-corrected chi connectivity index (χ2v) is 8.99. The lowest BCUT2D eigenvalue weighted by molar-refractivity contribution is -0.443. The summed E-state index contributed by atoms with van der Waals surface area (Å²) in [7, 11) is -4.39. The van der Waals surface area contributed by atoms with E-state index in [0.717, 1.165) is 36.2 Å². The summed E-state index contributed by atoms with van der Waals surface area (Å²) in [5, 5.41) is 0. The Hall–Kier alpha value is -0.910. The highest BCUT2D eigenvalue weighted by atomic mass is 31.2. The minimum atomic E-state index is -4.39. The van der Waals surface area contributed by atoms with E-state index in [1.54, 1.807) is 24.6 Å². The van der Waals surface area contributed by atoms with Gasteiger partial charge in [0.1, 0.15) is 18.5 Å². The summed E-state index contributed by atoms with van der Waals surface area (Å²) >= 11 is 0. The molecule has 1 saturated heterocycles. The maximum absolute atomic E-state index is 10.3. The quantitative estimate of drug-likeness (QED) is 0.627. The molecule has 138 valence electrons. The van der Waals surface area contributed by atoms with Crippen LogP contribution in [0.4, 0.5) is 0 Å².